The molecule has 0 saturated heterocycles. The molecule has 1 fully saturated rings. The van der Waals surface area contributed by atoms with Crippen molar-refractivity contribution in [2.24, 2.45) is 0 Å². The Morgan fingerprint density at radius 3 is 2.67 bits per heavy atom. The fraction of sp³-hybridized carbons (Fsp3) is 0.615. The van der Waals surface area contributed by atoms with Crippen molar-refractivity contribution < 1.29 is 5.11 Å². The highest BCUT2D eigenvalue weighted by Gasteiger charge is 2.32. The van der Waals surface area contributed by atoms with Crippen LogP contribution in [0.4, 0.5) is 0 Å². The van der Waals surface area contributed by atoms with Crippen LogP contribution in [-0.2, 0) is 6.54 Å². The number of halogens is 2. The van der Waals surface area contributed by atoms with Gasteiger partial charge in [0.15, 0.2) is 0 Å². The maximum atomic E-state index is 10.3. The minimum atomic E-state index is -0.542. The highest BCUT2D eigenvalue weighted by molar-refractivity contribution is 6.32. The number of rotatable bonds is 4. The van der Waals surface area contributed by atoms with Gasteiger partial charge in [-0.2, -0.15) is 0 Å². The monoisotopic (exact) mass is 288 g/mol. The fourth-order valence-corrected chi connectivity index (χ4v) is 2.90. The molecule has 1 aromatic heterocycles. The standard InChI is InChI=1S/C13H18Cl2N2O/c1-17(9-13(18)6-2-3-7-13)8-11-10(14)4-5-12(15)16-11/h4-5,18H,2-3,6-9H2,1H3. The van der Waals surface area contributed by atoms with E-state index in [0.29, 0.717) is 23.3 Å². The van der Waals surface area contributed by atoms with E-state index in [1.807, 2.05) is 7.05 Å². The molecular formula is C13H18Cl2N2O. The number of likely N-dealkylation sites (N-methyl/N-ethyl adjacent to an activating group) is 1. The Morgan fingerprint density at radius 2 is 2.00 bits per heavy atom. The minimum Gasteiger partial charge on any atom is -0.389 e. The van der Waals surface area contributed by atoms with Gasteiger partial charge in [0.25, 0.3) is 0 Å². The van der Waals surface area contributed by atoms with E-state index in [2.05, 4.69) is 9.88 Å². The molecule has 1 aliphatic rings. The summed E-state index contributed by atoms with van der Waals surface area (Å²) in [5, 5.41) is 11.4. The molecule has 0 radical (unpaired) electrons. The van der Waals surface area contributed by atoms with Gasteiger partial charge in [0.2, 0.25) is 0 Å². The fourth-order valence-electron chi connectivity index (χ4n) is 2.57. The van der Waals surface area contributed by atoms with Crippen LogP contribution >= 0.6 is 23.2 Å². The van der Waals surface area contributed by atoms with Crippen molar-refractivity contribution in [1.29, 1.82) is 0 Å². The molecule has 0 amide bonds. The van der Waals surface area contributed by atoms with Gasteiger partial charge in [0.1, 0.15) is 5.15 Å². The Morgan fingerprint density at radius 1 is 1.33 bits per heavy atom. The van der Waals surface area contributed by atoms with E-state index < -0.39 is 5.60 Å². The predicted molar refractivity (Wildman–Crippen MR) is 74.0 cm³/mol. The first-order valence-electron chi connectivity index (χ1n) is 6.20. The van der Waals surface area contributed by atoms with Gasteiger partial charge in [-0.3, -0.25) is 4.90 Å². The number of hydrogen-bond acceptors (Lipinski definition) is 3. The Hall–Kier alpha value is -0.350. The van der Waals surface area contributed by atoms with E-state index in [9.17, 15) is 5.11 Å². The number of pyridine rings is 1. The zero-order chi connectivity index (χ0) is 13.2. The minimum absolute atomic E-state index is 0.447. The molecule has 0 aliphatic heterocycles. The SMILES string of the molecule is CN(Cc1nc(Cl)ccc1Cl)CC1(O)CCCC1. The third kappa shape index (κ3) is 3.58. The summed E-state index contributed by atoms with van der Waals surface area (Å²) in [5.41, 5.74) is 0.216. The molecule has 18 heavy (non-hydrogen) atoms. The lowest BCUT2D eigenvalue weighted by molar-refractivity contribution is 0.0143. The molecular weight excluding hydrogens is 271 g/mol. The quantitative estimate of drug-likeness (QED) is 0.865. The average molecular weight is 289 g/mol. The molecule has 0 aromatic carbocycles. The Kier molecular flexibility index (Phi) is 4.49. The number of nitrogens with zero attached hydrogens (tertiary/aromatic N) is 2. The molecule has 1 heterocycles. The second kappa shape index (κ2) is 5.74. The van der Waals surface area contributed by atoms with E-state index >= 15 is 0 Å². The van der Waals surface area contributed by atoms with Crippen molar-refractivity contribution in [1.82, 2.24) is 9.88 Å². The summed E-state index contributed by atoms with van der Waals surface area (Å²) in [7, 11) is 1.97. The van der Waals surface area contributed by atoms with Gasteiger partial charge in [-0.1, -0.05) is 36.0 Å². The molecule has 1 aliphatic carbocycles. The molecule has 0 bridgehead atoms. The van der Waals surface area contributed by atoms with Gasteiger partial charge in [0, 0.05) is 13.1 Å². The molecule has 0 unspecified atom stereocenters. The van der Waals surface area contributed by atoms with Crippen LogP contribution in [0, 0.1) is 0 Å². The summed E-state index contributed by atoms with van der Waals surface area (Å²) in [6.45, 7) is 1.25. The Bertz CT molecular complexity index is 419. The molecule has 100 valence electrons. The lowest BCUT2D eigenvalue weighted by atomic mass is 10.0. The van der Waals surface area contributed by atoms with Crippen LogP contribution in [0.5, 0.6) is 0 Å². The highest BCUT2D eigenvalue weighted by Crippen LogP contribution is 2.30. The molecule has 1 aromatic rings. The normalized spacial score (nSPS) is 18.5. The van der Waals surface area contributed by atoms with E-state index in [-0.39, 0.29) is 0 Å². The topological polar surface area (TPSA) is 36.4 Å². The highest BCUT2D eigenvalue weighted by atomic mass is 35.5. The molecule has 0 atom stereocenters. The third-order valence-corrected chi connectivity index (χ3v) is 3.96. The molecule has 0 spiro atoms. The van der Waals surface area contributed by atoms with Crippen LogP contribution in [-0.4, -0.2) is 34.2 Å². The predicted octanol–water partition coefficient (Wildman–Crippen LogP) is 3.13. The molecule has 1 saturated carbocycles. The smallest absolute Gasteiger partial charge is 0.129 e. The van der Waals surface area contributed by atoms with Crippen molar-refractivity contribution in [3.05, 3.63) is 28.0 Å². The maximum absolute atomic E-state index is 10.3. The molecule has 5 heteroatoms. The second-order valence-corrected chi connectivity index (χ2v) is 5.96. The number of hydrogen-bond donors (Lipinski definition) is 1. The van der Waals surface area contributed by atoms with Crippen LogP contribution in [0.1, 0.15) is 31.4 Å². The third-order valence-electron chi connectivity index (χ3n) is 3.40. The van der Waals surface area contributed by atoms with Crippen LogP contribution in [0.3, 0.4) is 0 Å². The molecule has 3 nitrogen and oxygen atoms in total. The first-order chi connectivity index (χ1) is 8.48. The van der Waals surface area contributed by atoms with Gasteiger partial charge in [0.05, 0.1) is 16.3 Å². The van der Waals surface area contributed by atoms with E-state index in [1.54, 1.807) is 12.1 Å². The summed E-state index contributed by atoms with van der Waals surface area (Å²) < 4.78 is 0. The average Bonchev–Trinajstić information content (AvgIpc) is 2.70. The maximum Gasteiger partial charge on any atom is 0.129 e. The van der Waals surface area contributed by atoms with Crippen LogP contribution < -0.4 is 0 Å². The van der Waals surface area contributed by atoms with Crippen molar-refractivity contribution in [3.63, 3.8) is 0 Å². The van der Waals surface area contributed by atoms with E-state index in [1.165, 1.54) is 0 Å². The van der Waals surface area contributed by atoms with E-state index in [0.717, 1.165) is 31.4 Å². The lowest BCUT2D eigenvalue weighted by Crippen LogP contribution is -2.39. The largest absolute Gasteiger partial charge is 0.389 e. The van der Waals surface area contributed by atoms with Crippen molar-refractivity contribution in [2.75, 3.05) is 13.6 Å². The second-order valence-electron chi connectivity index (χ2n) is 5.17. The van der Waals surface area contributed by atoms with E-state index in [4.69, 9.17) is 23.2 Å². The number of aromatic nitrogens is 1. The van der Waals surface area contributed by atoms with Crippen molar-refractivity contribution in [3.8, 4) is 0 Å². The first kappa shape index (κ1) is 14.1. The summed E-state index contributed by atoms with van der Waals surface area (Å²) in [6.07, 6.45) is 3.99. The zero-order valence-corrected chi connectivity index (χ0v) is 12.0. The Labute approximate surface area is 118 Å². The van der Waals surface area contributed by atoms with Gasteiger partial charge >= 0.3 is 0 Å². The van der Waals surface area contributed by atoms with Gasteiger partial charge in [-0.25, -0.2) is 4.98 Å². The van der Waals surface area contributed by atoms with Crippen molar-refractivity contribution >= 4 is 23.2 Å². The summed E-state index contributed by atoms with van der Waals surface area (Å²) in [5.74, 6) is 0. The summed E-state index contributed by atoms with van der Waals surface area (Å²) in [4.78, 5) is 6.27. The summed E-state index contributed by atoms with van der Waals surface area (Å²) >= 11 is 11.9. The lowest BCUT2D eigenvalue weighted by Gasteiger charge is -2.28. The molecule has 1 N–H and O–H groups in total. The number of aliphatic hydroxyl groups is 1. The Balaban J connectivity index is 1.98. The summed E-state index contributed by atoms with van der Waals surface area (Å²) in [6, 6.07) is 3.43. The van der Waals surface area contributed by atoms with Gasteiger partial charge in [-0.15, -0.1) is 0 Å². The van der Waals surface area contributed by atoms with Crippen molar-refractivity contribution in [2.45, 2.75) is 37.8 Å². The van der Waals surface area contributed by atoms with Crippen LogP contribution in [0.15, 0.2) is 12.1 Å². The van der Waals surface area contributed by atoms with Gasteiger partial charge in [-0.05, 0) is 32.0 Å². The zero-order valence-electron chi connectivity index (χ0n) is 10.5. The van der Waals surface area contributed by atoms with Crippen LogP contribution in [0.25, 0.3) is 0 Å². The van der Waals surface area contributed by atoms with Crippen LogP contribution in [0.2, 0.25) is 10.2 Å². The van der Waals surface area contributed by atoms with Gasteiger partial charge < -0.3 is 5.11 Å². The first-order valence-corrected chi connectivity index (χ1v) is 6.96. The molecule has 2 rings (SSSR count).